The van der Waals surface area contributed by atoms with Crippen molar-refractivity contribution in [3.8, 4) is 45.9 Å². The number of fused-ring (bicyclic) bond motifs is 5. The quantitative estimate of drug-likeness (QED) is 0.220. The number of para-hydroxylation sites is 1. The first-order chi connectivity index (χ1) is 21.3. The predicted octanol–water partition coefficient (Wildman–Crippen LogP) is 8.99. The van der Waals surface area contributed by atoms with Crippen LogP contribution in [0.5, 0.6) is 0 Å². The minimum atomic E-state index is 0.518. The minimum absolute atomic E-state index is 0.518. The van der Waals surface area contributed by atoms with Gasteiger partial charge in [0, 0.05) is 27.5 Å². The maximum Gasteiger partial charge on any atom is 0.164 e. The molecule has 0 fully saturated rings. The van der Waals surface area contributed by atoms with Crippen LogP contribution in [0.4, 0.5) is 0 Å². The molecule has 200 valence electrons. The van der Waals surface area contributed by atoms with Gasteiger partial charge in [0.1, 0.15) is 6.07 Å². The van der Waals surface area contributed by atoms with Crippen LogP contribution in [0.1, 0.15) is 5.56 Å². The van der Waals surface area contributed by atoms with E-state index >= 15 is 0 Å². The molecule has 0 aliphatic heterocycles. The van der Waals surface area contributed by atoms with E-state index < -0.39 is 0 Å². The van der Waals surface area contributed by atoms with Crippen molar-refractivity contribution in [2.75, 3.05) is 0 Å². The van der Waals surface area contributed by atoms with E-state index in [1.807, 2.05) is 84.9 Å². The number of hydrogen-bond donors (Lipinski definition) is 0. The molecule has 2 heterocycles. The highest BCUT2D eigenvalue weighted by Gasteiger charge is 2.18. The van der Waals surface area contributed by atoms with Crippen LogP contribution in [0.15, 0.2) is 140 Å². The molecule has 0 aliphatic rings. The normalized spacial score (nSPS) is 11.2. The van der Waals surface area contributed by atoms with Crippen LogP contribution < -0.4 is 0 Å². The number of nitriles is 1. The summed E-state index contributed by atoms with van der Waals surface area (Å²) in [6.07, 6.45) is 0. The molecule has 0 saturated heterocycles. The summed E-state index contributed by atoms with van der Waals surface area (Å²) >= 11 is 0. The maximum atomic E-state index is 10.5. The SMILES string of the molecule is N#Cc1cc(-c2nc(-c3ccccc3)nc(-c3ccccc3)n2)ccc1-n1c2ccccc2c2c3ccccc3ccc21. The lowest BCUT2D eigenvalue weighted by Gasteiger charge is -2.12. The van der Waals surface area contributed by atoms with Gasteiger partial charge in [0.15, 0.2) is 17.5 Å². The van der Waals surface area contributed by atoms with Gasteiger partial charge >= 0.3 is 0 Å². The minimum Gasteiger partial charge on any atom is -0.308 e. The largest absolute Gasteiger partial charge is 0.308 e. The summed E-state index contributed by atoms with van der Waals surface area (Å²) in [7, 11) is 0. The van der Waals surface area contributed by atoms with Gasteiger partial charge in [-0.3, -0.25) is 0 Å². The Morgan fingerprint density at radius 2 is 1.07 bits per heavy atom. The third kappa shape index (κ3) is 4.13. The average molecular weight is 550 g/mol. The molecule has 0 unspecified atom stereocenters. The summed E-state index contributed by atoms with van der Waals surface area (Å²) < 4.78 is 2.19. The van der Waals surface area contributed by atoms with E-state index in [1.54, 1.807) is 0 Å². The monoisotopic (exact) mass is 549 g/mol. The second-order valence-corrected chi connectivity index (χ2v) is 10.4. The number of aromatic nitrogens is 4. The summed E-state index contributed by atoms with van der Waals surface area (Å²) in [5.41, 5.74) is 6.02. The summed E-state index contributed by atoms with van der Waals surface area (Å²) in [6.45, 7) is 0. The lowest BCUT2D eigenvalue weighted by Crippen LogP contribution is -2.02. The van der Waals surface area contributed by atoms with Crippen LogP contribution >= 0.6 is 0 Å². The lowest BCUT2D eigenvalue weighted by atomic mass is 10.0. The lowest BCUT2D eigenvalue weighted by molar-refractivity contribution is 1.07. The Morgan fingerprint density at radius 3 is 1.74 bits per heavy atom. The molecule has 0 amide bonds. The van der Waals surface area contributed by atoms with E-state index in [1.165, 1.54) is 16.2 Å². The smallest absolute Gasteiger partial charge is 0.164 e. The van der Waals surface area contributed by atoms with Crippen molar-refractivity contribution in [1.29, 1.82) is 5.26 Å². The fraction of sp³-hybridized carbons (Fsp3) is 0. The zero-order valence-corrected chi connectivity index (χ0v) is 23.0. The molecule has 0 aliphatic carbocycles. The summed E-state index contributed by atoms with van der Waals surface area (Å²) in [5.74, 6) is 1.69. The Balaban J connectivity index is 1.34. The number of benzene rings is 6. The molecule has 5 heteroatoms. The fourth-order valence-corrected chi connectivity index (χ4v) is 5.90. The second kappa shape index (κ2) is 10.1. The van der Waals surface area contributed by atoms with E-state index in [4.69, 9.17) is 15.0 Å². The molecule has 0 spiro atoms. The zero-order valence-electron chi connectivity index (χ0n) is 23.0. The van der Waals surface area contributed by atoms with Crippen LogP contribution in [0.3, 0.4) is 0 Å². The zero-order chi connectivity index (χ0) is 28.8. The molecular formula is C38H23N5. The van der Waals surface area contributed by atoms with Crippen LogP contribution in [0.2, 0.25) is 0 Å². The van der Waals surface area contributed by atoms with Crippen molar-refractivity contribution >= 4 is 32.6 Å². The van der Waals surface area contributed by atoms with Crippen molar-refractivity contribution in [2.24, 2.45) is 0 Å². The van der Waals surface area contributed by atoms with Gasteiger partial charge in [-0.15, -0.1) is 0 Å². The summed E-state index contributed by atoms with van der Waals surface area (Å²) in [5, 5.41) is 15.2. The molecule has 0 N–H and O–H groups in total. The van der Waals surface area contributed by atoms with Crippen LogP contribution in [-0.2, 0) is 0 Å². The Labute approximate surface area is 248 Å². The highest BCUT2D eigenvalue weighted by atomic mass is 15.0. The molecule has 43 heavy (non-hydrogen) atoms. The van der Waals surface area contributed by atoms with Gasteiger partial charge in [0.05, 0.1) is 22.3 Å². The Bertz CT molecular complexity index is 2290. The Hall–Kier alpha value is -6.12. The third-order valence-electron chi connectivity index (χ3n) is 7.88. The van der Waals surface area contributed by atoms with E-state index in [0.29, 0.717) is 23.0 Å². The van der Waals surface area contributed by atoms with Crippen LogP contribution in [0.25, 0.3) is 72.4 Å². The number of nitrogens with zero attached hydrogens (tertiary/aromatic N) is 5. The van der Waals surface area contributed by atoms with E-state index in [9.17, 15) is 5.26 Å². The average Bonchev–Trinajstić information content (AvgIpc) is 3.43. The predicted molar refractivity (Wildman–Crippen MR) is 173 cm³/mol. The van der Waals surface area contributed by atoms with Crippen molar-refractivity contribution < 1.29 is 0 Å². The Kier molecular flexibility index (Phi) is 5.77. The van der Waals surface area contributed by atoms with Crippen molar-refractivity contribution in [2.45, 2.75) is 0 Å². The van der Waals surface area contributed by atoms with Gasteiger partial charge in [-0.2, -0.15) is 5.26 Å². The number of hydrogen-bond acceptors (Lipinski definition) is 4. The fourth-order valence-electron chi connectivity index (χ4n) is 5.90. The maximum absolute atomic E-state index is 10.5. The van der Waals surface area contributed by atoms with Gasteiger partial charge in [0.25, 0.3) is 0 Å². The standard InChI is InChI=1S/C38H23N5/c39-24-29-23-28(38-41-36(26-12-3-1-4-13-26)40-37(42-38)27-14-5-2-6-15-27)20-21-32(29)43-33-18-10-9-17-31(33)35-30-16-8-7-11-25(30)19-22-34(35)43/h1-23H. The molecule has 2 aromatic heterocycles. The first kappa shape index (κ1) is 24.7. The first-order valence-electron chi connectivity index (χ1n) is 14.1. The first-order valence-corrected chi connectivity index (χ1v) is 14.1. The Morgan fingerprint density at radius 1 is 0.488 bits per heavy atom. The van der Waals surface area contributed by atoms with E-state index in [2.05, 4.69) is 65.2 Å². The molecule has 8 aromatic rings. The van der Waals surface area contributed by atoms with Crippen LogP contribution in [-0.4, -0.2) is 19.5 Å². The van der Waals surface area contributed by atoms with E-state index in [0.717, 1.165) is 38.8 Å². The molecule has 5 nitrogen and oxygen atoms in total. The second-order valence-electron chi connectivity index (χ2n) is 10.4. The van der Waals surface area contributed by atoms with Crippen molar-refractivity contribution in [3.05, 3.63) is 145 Å². The summed E-state index contributed by atoms with van der Waals surface area (Å²) in [6, 6.07) is 49.2. The molecule has 0 bridgehead atoms. The van der Waals surface area contributed by atoms with E-state index in [-0.39, 0.29) is 0 Å². The molecule has 0 saturated carbocycles. The molecular weight excluding hydrogens is 526 g/mol. The van der Waals surface area contributed by atoms with Gasteiger partial charge in [-0.25, -0.2) is 15.0 Å². The molecule has 0 radical (unpaired) electrons. The highest BCUT2D eigenvalue weighted by molar-refractivity contribution is 6.21. The molecule has 0 atom stereocenters. The van der Waals surface area contributed by atoms with Crippen LogP contribution in [0, 0.1) is 11.3 Å². The summed E-state index contributed by atoms with van der Waals surface area (Å²) in [4.78, 5) is 14.5. The van der Waals surface area contributed by atoms with Gasteiger partial charge in [0.2, 0.25) is 0 Å². The van der Waals surface area contributed by atoms with Crippen molar-refractivity contribution in [3.63, 3.8) is 0 Å². The molecule has 6 aromatic carbocycles. The van der Waals surface area contributed by atoms with Gasteiger partial charge in [-0.1, -0.05) is 109 Å². The number of rotatable bonds is 4. The topological polar surface area (TPSA) is 67.4 Å². The third-order valence-corrected chi connectivity index (χ3v) is 7.88. The van der Waals surface area contributed by atoms with Crippen molar-refractivity contribution in [1.82, 2.24) is 19.5 Å². The highest BCUT2D eigenvalue weighted by Crippen LogP contribution is 2.38. The van der Waals surface area contributed by atoms with Gasteiger partial charge in [-0.05, 0) is 41.1 Å². The van der Waals surface area contributed by atoms with Gasteiger partial charge < -0.3 is 4.57 Å². The molecule has 8 rings (SSSR count).